The first-order valence-corrected chi connectivity index (χ1v) is 6.13. The molecule has 0 fully saturated rings. The molecule has 0 saturated carbocycles. The second-order valence-electron chi connectivity index (χ2n) is 4.61. The van der Waals surface area contributed by atoms with Crippen molar-refractivity contribution < 1.29 is 4.74 Å². The van der Waals surface area contributed by atoms with Crippen molar-refractivity contribution >= 4 is 0 Å². The predicted octanol–water partition coefficient (Wildman–Crippen LogP) is 2.61. The van der Waals surface area contributed by atoms with Gasteiger partial charge < -0.3 is 4.74 Å². The quantitative estimate of drug-likeness (QED) is 0.824. The van der Waals surface area contributed by atoms with E-state index in [4.69, 9.17) is 4.74 Å². The standard InChI is InChI=1S/C15H16N2O/c1-18-14-7-13-10-17(11-15(13)16-8-14)9-12-5-3-2-4-6-12/h2-8H,9-11H2,1H3. The third-order valence-electron chi connectivity index (χ3n) is 3.29. The highest BCUT2D eigenvalue weighted by atomic mass is 16.5. The molecule has 18 heavy (non-hydrogen) atoms. The zero-order chi connectivity index (χ0) is 12.4. The molecular weight excluding hydrogens is 224 g/mol. The van der Waals surface area contributed by atoms with Gasteiger partial charge in [0.05, 0.1) is 19.0 Å². The van der Waals surface area contributed by atoms with Gasteiger partial charge in [0.1, 0.15) is 5.75 Å². The number of hydrogen-bond acceptors (Lipinski definition) is 3. The summed E-state index contributed by atoms with van der Waals surface area (Å²) in [6.07, 6.45) is 1.80. The van der Waals surface area contributed by atoms with Gasteiger partial charge in [-0.05, 0) is 17.2 Å². The first-order chi connectivity index (χ1) is 8.85. The van der Waals surface area contributed by atoms with Gasteiger partial charge in [-0.1, -0.05) is 30.3 Å². The van der Waals surface area contributed by atoms with Crippen molar-refractivity contribution in [3.8, 4) is 5.75 Å². The predicted molar refractivity (Wildman–Crippen MR) is 70.2 cm³/mol. The summed E-state index contributed by atoms with van der Waals surface area (Å²) in [5.41, 5.74) is 3.80. The zero-order valence-corrected chi connectivity index (χ0v) is 10.5. The number of methoxy groups -OCH3 is 1. The highest BCUT2D eigenvalue weighted by Crippen LogP contribution is 2.25. The lowest BCUT2D eigenvalue weighted by Crippen LogP contribution is -2.15. The van der Waals surface area contributed by atoms with E-state index in [1.165, 1.54) is 16.8 Å². The Morgan fingerprint density at radius 3 is 2.83 bits per heavy atom. The summed E-state index contributed by atoms with van der Waals surface area (Å²) in [7, 11) is 1.68. The Balaban J connectivity index is 1.73. The van der Waals surface area contributed by atoms with Gasteiger partial charge in [0.2, 0.25) is 0 Å². The maximum atomic E-state index is 5.21. The Morgan fingerprint density at radius 1 is 1.22 bits per heavy atom. The third-order valence-corrected chi connectivity index (χ3v) is 3.29. The van der Waals surface area contributed by atoms with Crippen molar-refractivity contribution in [3.63, 3.8) is 0 Å². The Bertz CT molecular complexity index is 539. The normalized spacial score (nSPS) is 14.5. The molecule has 1 aromatic carbocycles. The van der Waals surface area contributed by atoms with Crippen LogP contribution in [0.4, 0.5) is 0 Å². The molecule has 3 nitrogen and oxygen atoms in total. The topological polar surface area (TPSA) is 25.4 Å². The monoisotopic (exact) mass is 240 g/mol. The van der Waals surface area contributed by atoms with E-state index in [9.17, 15) is 0 Å². The van der Waals surface area contributed by atoms with Crippen LogP contribution in [0.3, 0.4) is 0 Å². The molecule has 0 unspecified atom stereocenters. The van der Waals surface area contributed by atoms with Gasteiger partial charge in [-0.25, -0.2) is 0 Å². The van der Waals surface area contributed by atoms with Gasteiger partial charge in [0.15, 0.2) is 0 Å². The molecule has 0 spiro atoms. The van der Waals surface area contributed by atoms with Crippen LogP contribution in [-0.2, 0) is 19.6 Å². The lowest BCUT2D eigenvalue weighted by atomic mass is 10.2. The van der Waals surface area contributed by atoms with Gasteiger partial charge in [-0.3, -0.25) is 9.88 Å². The van der Waals surface area contributed by atoms with Crippen molar-refractivity contribution in [1.29, 1.82) is 0 Å². The van der Waals surface area contributed by atoms with Crippen LogP contribution in [0.2, 0.25) is 0 Å². The van der Waals surface area contributed by atoms with Crippen molar-refractivity contribution in [3.05, 3.63) is 59.4 Å². The molecule has 1 aliphatic rings. The molecule has 92 valence electrons. The first kappa shape index (κ1) is 11.2. The van der Waals surface area contributed by atoms with E-state index in [1.54, 1.807) is 13.3 Å². The van der Waals surface area contributed by atoms with Crippen LogP contribution in [0, 0.1) is 0 Å². The number of aromatic nitrogens is 1. The van der Waals surface area contributed by atoms with Crippen LogP contribution in [0.25, 0.3) is 0 Å². The number of fused-ring (bicyclic) bond motifs is 1. The lowest BCUT2D eigenvalue weighted by molar-refractivity contribution is 0.274. The van der Waals surface area contributed by atoms with Crippen molar-refractivity contribution in [2.24, 2.45) is 0 Å². The minimum Gasteiger partial charge on any atom is -0.495 e. The van der Waals surface area contributed by atoms with Crippen molar-refractivity contribution in [2.75, 3.05) is 7.11 Å². The molecule has 0 N–H and O–H groups in total. The molecule has 0 aliphatic carbocycles. The van der Waals surface area contributed by atoms with E-state index in [1.807, 2.05) is 0 Å². The summed E-state index contributed by atoms with van der Waals surface area (Å²) in [4.78, 5) is 6.85. The Hall–Kier alpha value is -1.87. The van der Waals surface area contributed by atoms with E-state index in [0.29, 0.717) is 0 Å². The SMILES string of the molecule is COc1cnc2c(c1)CN(Cc1ccccc1)C2. The summed E-state index contributed by atoms with van der Waals surface area (Å²) < 4.78 is 5.21. The van der Waals surface area contributed by atoms with E-state index in [0.717, 1.165) is 25.4 Å². The van der Waals surface area contributed by atoms with Crippen LogP contribution in [0.15, 0.2) is 42.6 Å². The molecular formula is C15H16N2O. The second-order valence-corrected chi connectivity index (χ2v) is 4.61. The van der Waals surface area contributed by atoms with Crippen molar-refractivity contribution in [1.82, 2.24) is 9.88 Å². The Labute approximate surface area is 107 Å². The van der Waals surface area contributed by atoms with Crippen LogP contribution < -0.4 is 4.74 Å². The Morgan fingerprint density at radius 2 is 2.06 bits per heavy atom. The van der Waals surface area contributed by atoms with Crippen molar-refractivity contribution in [2.45, 2.75) is 19.6 Å². The van der Waals surface area contributed by atoms with Gasteiger partial charge >= 0.3 is 0 Å². The van der Waals surface area contributed by atoms with Gasteiger partial charge in [-0.15, -0.1) is 0 Å². The fourth-order valence-electron chi connectivity index (χ4n) is 2.37. The van der Waals surface area contributed by atoms with Crippen LogP contribution in [-0.4, -0.2) is 17.0 Å². The average molecular weight is 240 g/mol. The average Bonchev–Trinajstić information content (AvgIpc) is 2.80. The first-order valence-electron chi connectivity index (χ1n) is 6.13. The van der Waals surface area contributed by atoms with Crippen LogP contribution in [0.5, 0.6) is 5.75 Å². The number of ether oxygens (including phenoxy) is 1. The number of nitrogens with zero attached hydrogens (tertiary/aromatic N) is 2. The van der Waals surface area contributed by atoms with E-state index in [-0.39, 0.29) is 0 Å². The fourth-order valence-corrected chi connectivity index (χ4v) is 2.37. The zero-order valence-electron chi connectivity index (χ0n) is 10.5. The molecule has 2 heterocycles. The molecule has 3 rings (SSSR count). The number of hydrogen-bond donors (Lipinski definition) is 0. The van der Waals surface area contributed by atoms with E-state index >= 15 is 0 Å². The molecule has 0 atom stereocenters. The number of rotatable bonds is 3. The summed E-state index contributed by atoms with van der Waals surface area (Å²) in [5.74, 6) is 0.843. The summed E-state index contributed by atoms with van der Waals surface area (Å²) in [6, 6.07) is 12.6. The molecule has 0 amide bonds. The van der Waals surface area contributed by atoms with Crippen LogP contribution >= 0.6 is 0 Å². The maximum absolute atomic E-state index is 5.21. The minimum atomic E-state index is 0.843. The fraction of sp³-hybridized carbons (Fsp3) is 0.267. The van der Waals surface area contributed by atoms with E-state index < -0.39 is 0 Å². The highest BCUT2D eigenvalue weighted by molar-refractivity contribution is 5.32. The van der Waals surface area contributed by atoms with Crippen LogP contribution in [0.1, 0.15) is 16.8 Å². The smallest absolute Gasteiger partial charge is 0.137 e. The highest BCUT2D eigenvalue weighted by Gasteiger charge is 2.20. The minimum absolute atomic E-state index is 0.843. The number of pyridine rings is 1. The number of benzene rings is 1. The maximum Gasteiger partial charge on any atom is 0.137 e. The largest absolute Gasteiger partial charge is 0.495 e. The van der Waals surface area contributed by atoms with Gasteiger partial charge in [0, 0.05) is 19.6 Å². The Kier molecular flexibility index (Phi) is 2.99. The summed E-state index contributed by atoms with van der Waals surface area (Å²) >= 11 is 0. The van der Waals surface area contributed by atoms with Gasteiger partial charge in [-0.2, -0.15) is 0 Å². The summed E-state index contributed by atoms with van der Waals surface area (Å²) in [5, 5.41) is 0. The molecule has 0 radical (unpaired) electrons. The molecule has 3 heteroatoms. The molecule has 0 bridgehead atoms. The third kappa shape index (κ3) is 2.22. The van der Waals surface area contributed by atoms with Gasteiger partial charge in [0.25, 0.3) is 0 Å². The molecule has 1 aromatic heterocycles. The summed E-state index contributed by atoms with van der Waals surface area (Å²) in [6.45, 7) is 2.85. The van der Waals surface area contributed by atoms with E-state index in [2.05, 4.69) is 46.3 Å². The molecule has 0 saturated heterocycles. The lowest BCUT2D eigenvalue weighted by Gasteiger charge is -2.14. The molecule has 2 aromatic rings. The molecule has 1 aliphatic heterocycles. The second kappa shape index (κ2) is 4.78.